The fourth-order valence-corrected chi connectivity index (χ4v) is 4.52. The topological polar surface area (TPSA) is 40.5 Å². The van der Waals surface area contributed by atoms with Crippen molar-refractivity contribution in [2.75, 3.05) is 14.2 Å². The third-order valence-corrected chi connectivity index (χ3v) is 5.90. The van der Waals surface area contributed by atoms with E-state index in [1.807, 2.05) is 18.2 Å². The summed E-state index contributed by atoms with van der Waals surface area (Å²) in [5, 5.41) is 0.966. The Morgan fingerprint density at radius 2 is 1.82 bits per heavy atom. The molecule has 0 spiro atoms. The van der Waals surface area contributed by atoms with Gasteiger partial charge in [0.25, 0.3) is 0 Å². The third kappa shape index (κ3) is 2.97. The molecule has 3 aromatic rings. The van der Waals surface area contributed by atoms with Crippen molar-refractivity contribution < 1.29 is 14.3 Å². The first kappa shape index (κ1) is 18.6. The quantitative estimate of drug-likeness (QED) is 0.385. The van der Waals surface area contributed by atoms with Crippen molar-refractivity contribution in [3.05, 3.63) is 47.5 Å². The van der Waals surface area contributed by atoms with Crippen molar-refractivity contribution in [1.29, 1.82) is 0 Å². The maximum absolute atomic E-state index is 12.2. The lowest BCUT2D eigenvalue weighted by molar-refractivity contribution is 0.112. The summed E-state index contributed by atoms with van der Waals surface area (Å²) >= 11 is 0. The number of benzene rings is 2. The lowest BCUT2D eigenvalue weighted by atomic mass is 9.90. The molecular formula is C24H27NO3. The summed E-state index contributed by atoms with van der Waals surface area (Å²) in [5.41, 5.74) is 5.28. The Kier molecular flexibility index (Phi) is 5.12. The molecule has 0 N–H and O–H groups in total. The second-order valence-corrected chi connectivity index (χ2v) is 7.51. The van der Waals surface area contributed by atoms with Gasteiger partial charge in [0, 0.05) is 28.1 Å². The van der Waals surface area contributed by atoms with Crippen LogP contribution in [-0.4, -0.2) is 25.1 Å². The van der Waals surface area contributed by atoms with E-state index in [0.717, 1.165) is 58.4 Å². The van der Waals surface area contributed by atoms with Crippen LogP contribution in [0.2, 0.25) is 0 Å². The zero-order valence-electron chi connectivity index (χ0n) is 16.8. The van der Waals surface area contributed by atoms with Gasteiger partial charge >= 0.3 is 0 Å². The Balaban J connectivity index is 1.96. The fraction of sp³-hybridized carbons (Fsp3) is 0.375. The van der Waals surface area contributed by atoms with Crippen molar-refractivity contribution in [2.24, 2.45) is 0 Å². The number of unbranched alkanes of at least 4 members (excludes halogenated alkanes) is 2. The summed E-state index contributed by atoms with van der Waals surface area (Å²) in [4.78, 5) is 12.2. The first-order valence-corrected chi connectivity index (χ1v) is 10.1. The highest BCUT2D eigenvalue weighted by molar-refractivity contribution is 6.06. The van der Waals surface area contributed by atoms with Crippen molar-refractivity contribution in [2.45, 2.75) is 45.1 Å². The number of fused-ring (bicyclic) bond motifs is 5. The van der Waals surface area contributed by atoms with E-state index in [1.54, 1.807) is 14.2 Å². The van der Waals surface area contributed by atoms with Crippen LogP contribution < -0.4 is 9.47 Å². The van der Waals surface area contributed by atoms with Crippen LogP contribution in [0.5, 0.6) is 11.5 Å². The van der Waals surface area contributed by atoms with Crippen LogP contribution >= 0.6 is 0 Å². The highest BCUT2D eigenvalue weighted by Crippen LogP contribution is 2.45. The molecule has 0 amide bonds. The van der Waals surface area contributed by atoms with E-state index in [1.165, 1.54) is 24.8 Å². The Hall–Kier alpha value is -2.75. The van der Waals surface area contributed by atoms with E-state index in [0.29, 0.717) is 6.04 Å². The minimum absolute atomic E-state index is 0.339. The molecule has 1 aromatic heterocycles. The second-order valence-electron chi connectivity index (χ2n) is 7.51. The minimum atomic E-state index is 0.339. The average Bonchev–Trinajstić information content (AvgIpc) is 3.07. The number of hydrogen-bond acceptors (Lipinski definition) is 3. The largest absolute Gasteiger partial charge is 0.497 e. The summed E-state index contributed by atoms with van der Waals surface area (Å²) in [6.45, 7) is 2.23. The molecule has 0 saturated heterocycles. The predicted octanol–water partition coefficient (Wildman–Crippen LogP) is 5.82. The van der Waals surface area contributed by atoms with Gasteiger partial charge in [-0.2, -0.15) is 0 Å². The standard InChI is InChI=1S/C24H27NO3/c1-4-5-6-7-17-12-16-13-18(27-2)8-10-20(16)24-22(15-26)21-14-19(28-3)9-11-23(21)25(17)24/h8-11,13-15,17H,4-7,12H2,1-3H3. The monoisotopic (exact) mass is 377 g/mol. The minimum Gasteiger partial charge on any atom is -0.497 e. The molecule has 2 heterocycles. The number of hydrogen-bond donors (Lipinski definition) is 0. The SMILES string of the molecule is CCCCCC1Cc2cc(OC)ccc2-c2c(C=O)c3cc(OC)ccc3n21. The summed E-state index contributed by atoms with van der Waals surface area (Å²) in [7, 11) is 3.36. The van der Waals surface area contributed by atoms with E-state index < -0.39 is 0 Å². The fourth-order valence-electron chi connectivity index (χ4n) is 4.52. The van der Waals surface area contributed by atoms with Gasteiger partial charge in [0.15, 0.2) is 6.29 Å². The molecule has 28 heavy (non-hydrogen) atoms. The van der Waals surface area contributed by atoms with Crippen LogP contribution in [0.4, 0.5) is 0 Å². The summed E-state index contributed by atoms with van der Waals surface area (Å²) in [6.07, 6.45) is 6.67. The van der Waals surface area contributed by atoms with Crippen LogP contribution in [0, 0.1) is 0 Å². The van der Waals surface area contributed by atoms with E-state index in [9.17, 15) is 4.79 Å². The van der Waals surface area contributed by atoms with Crippen molar-refractivity contribution in [3.63, 3.8) is 0 Å². The maximum Gasteiger partial charge on any atom is 0.152 e. The van der Waals surface area contributed by atoms with Gasteiger partial charge in [0.1, 0.15) is 11.5 Å². The Morgan fingerprint density at radius 3 is 2.54 bits per heavy atom. The zero-order chi connectivity index (χ0) is 19.7. The van der Waals surface area contributed by atoms with E-state index in [4.69, 9.17) is 9.47 Å². The molecule has 0 saturated carbocycles. The number of carbonyl (C=O) groups is 1. The molecule has 4 heteroatoms. The number of aldehydes is 1. The summed E-state index contributed by atoms with van der Waals surface area (Å²) in [6, 6.07) is 12.6. The number of nitrogens with zero attached hydrogens (tertiary/aromatic N) is 1. The molecule has 1 aliphatic rings. The average molecular weight is 377 g/mol. The van der Waals surface area contributed by atoms with Crippen molar-refractivity contribution in [1.82, 2.24) is 4.57 Å². The number of rotatable bonds is 7. The van der Waals surface area contributed by atoms with Gasteiger partial charge in [-0.25, -0.2) is 0 Å². The number of ether oxygens (including phenoxy) is 2. The van der Waals surface area contributed by atoms with Gasteiger partial charge in [-0.15, -0.1) is 0 Å². The van der Waals surface area contributed by atoms with Crippen LogP contribution in [0.1, 0.15) is 54.6 Å². The number of aromatic nitrogens is 1. The lowest BCUT2D eigenvalue weighted by Crippen LogP contribution is -2.19. The molecule has 4 rings (SSSR count). The normalized spacial score (nSPS) is 15.2. The first-order valence-electron chi connectivity index (χ1n) is 10.1. The molecule has 1 unspecified atom stereocenters. The highest BCUT2D eigenvalue weighted by Gasteiger charge is 2.30. The van der Waals surface area contributed by atoms with E-state index in [2.05, 4.69) is 29.7 Å². The molecule has 1 aliphatic heterocycles. The van der Waals surface area contributed by atoms with Gasteiger partial charge in [0.05, 0.1) is 19.9 Å². The van der Waals surface area contributed by atoms with Crippen LogP contribution in [0.3, 0.4) is 0 Å². The molecule has 146 valence electrons. The smallest absolute Gasteiger partial charge is 0.152 e. The number of methoxy groups -OCH3 is 2. The third-order valence-electron chi connectivity index (χ3n) is 5.90. The summed E-state index contributed by atoms with van der Waals surface area (Å²) in [5.74, 6) is 1.64. The van der Waals surface area contributed by atoms with Gasteiger partial charge in [-0.05, 0) is 54.8 Å². The molecule has 0 radical (unpaired) electrons. The predicted molar refractivity (Wildman–Crippen MR) is 113 cm³/mol. The molecule has 2 aromatic carbocycles. The second kappa shape index (κ2) is 7.70. The van der Waals surface area contributed by atoms with Crippen LogP contribution in [-0.2, 0) is 6.42 Å². The van der Waals surface area contributed by atoms with E-state index >= 15 is 0 Å². The lowest BCUT2D eigenvalue weighted by Gasteiger charge is -2.30. The van der Waals surface area contributed by atoms with Gasteiger partial charge in [-0.3, -0.25) is 4.79 Å². The molecule has 0 bridgehead atoms. The molecule has 4 nitrogen and oxygen atoms in total. The molecule has 0 aliphatic carbocycles. The zero-order valence-corrected chi connectivity index (χ0v) is 16.8. The Labute approximate surface area is 166 Å². The summed E-state index contributed by atoms with van der Waals surface area (Å²) < 4.78 is 13.3. The maximum atomic E-state index is 12.2. The van der Waals surface area contributed by atoms with Crippen LogP contribution in [0.25, 0.3) is 22.2 Å². The molecule has 0 fully saturated rings. The Morgan fingerprint density at radius 1 is 1.07 bits per heavy atom. The molecule has 1 atom stereocenters. The van der Waals surface area contributed by atoms with Gasteiger partial charge in [0.2, 0.25) is 0 Å². The number of carbonyl (C=O) groups excluding carboxylic acids is 1. The van der Waals surface area contributed by atoms with E-state index in [-0.39, 0.29) is 0 Å². The Bertz CT molecular complexity index is 1020. The molecular weight excluding hydrogens is 350 g/mol. The first-order chi connectivity index (χ1) is 13.7. The van der Waals surface area contributed by atoms with Crippen LogP contribution in [0.15, 0.2) is 36.4 Å². The van der Waals surface area contributed by atoms with Crippen molar-refractivity contribution >= 4 is 17.2 Å². The van der Waals surface area contributed by atoms with Gasteiger partial charge in [-0.1, -0.05) is 26.2 Å². The van der Waals surface area contributed by atoms with Crippen molar-refractivity contribution in [3.8, 4) is 22.8 Å². The highest BCUT2D eigenvalue weighted by atomic mass is 16.5. The van der Waals surface area contributed by atoms with Gasteiger partial charge < -0.3 is 14.0 Å².